The zero-order chi connectivity index (χ0) is 14.7. The number of rotatable bonds is 12. The van der Waals surface area contributed by atoms with E-state index in [9.17, 15) is 5.11 Å². The van der Waals surface area contributed by atoms with Gasteiger partial charge in [-0.3, -0.25) is 0 Å². The van der Waals surface area contributed by atoms with Crippen molar-refractivity contribution >= 4 is 0 Å². The Morgan fingerprint density at radius 3 is 2.80 bits per heavy atom. The van der Waals surface area contributed by atoms with E-state index in [-0.39, 0.29) is 5.60 Å². The van der Waals surface area contributed by atoms with Crippen LogP contribution in [0.2, 0.25) is 0 Å². The predicted molar refractivity (Wildman–Crippen MR) is 79.0 cm³/mol. The van der Waals surface area contributed by atoms with Crippen LogP contribution in [0.25, 0.3) is 0 Å². The molecule has 0 radical (unpaired) electrons. The van der Waals surface area contributed by atoms with Gasteiger partial charge in [0, 0.05) is 26.3 Å². The molecule has 1 fully saturated rings. The fourth-order valence-corrected chi connectivity index (χ4v) is 2.22. The normalized spacial score (nSPS) is 24.1. The molecule has 1 heterocycles. The highest BCUT2D eigenvalue weighted by Gasteiger charge is 2.29. The summed E-state index contributed by atoms with van der Waals surface area (Å²) in [5.41, 5.74) is -0.0618. The van der Waals surface area contributed by atoms with Gasteiger partial charge < -0.3 is 24.6 Å². The predicted octanol–water partition coefficient (Wildman–Crippen LogP) is 1.34. The van der Waals surface area contributed by atoms with Gasteiger partial charge in [0.05, 0.1) is 31.5 Å². The van der Waals surface area contributed by atoms with Gasteiger partial charge in [0.2, 0.25) is 0 Å². The van der Waals surface area contributed by atoms with Gasteiger partial charge >= 0.3 is 0 Å². The fraction of sp³-hybridized carbons (Fsp3) is 1.00. The van der Waals surface area contributed by atoms with Crippen LogP contribution in [0.15, 0.2) is 0 Å². The van der Waals surface area contributed by atoms with Crippen molar-refractivity contribution in [3.05, 3.63) is 0 Å². The van der Waals surface area contributed by atoms with Crippen molar-refractivity contribution in [3.8, 4) is 0 Å². The summed E-state index contributed by atoms with van der Waals surface area (Å²) in [6.45, 7) is 8.71. The molecular weight excluding hydrogens is 258 g/mol. The summed E-state index contributed by atoms with van der Waals surface area (Å²) in [5, 5.41) is 13.0. The molecule has 1 aliphatic heterocycles. The van der Waals surface area contributed by atoms with Crippen LogP contribution in [-0.4, -0.2) is 62.9 Å². The highest BCUT2D eigenvalue weighted by molar-refractivity contribution is 4.82. The Bertz CT molecular complexity index is 232. The van der Waals surface area contributed by atoms with Crippen LogP contribution in [0, 0.1) is 0 Å². The van der Waals surface area contributed by atoms with Crippen molar-refractivity contribution in [1.29, 1.82) is 0 Å². The molecule has 0 aromatic carbocycles. The second-order valence-corrected chi connectivity index (χ2v) is 5.73. The van der Waals surface area contributed by atoms with Crippen LogP contribution >= 0.6 is 0 Å². The first-order valence-electron chi connectivity index (χ1n) is 7.84. The summed E-state index contributed by atoms with van der Waals surface area (Å²) in [7, 11) is 0. The summed E-state index contributed by atoms with van der Waals surface area (Å²) < 4.78 is 16.4. The maximum absolute atomic E-state index is 9.78. The van der Waals surface area contributed by atoms with Crippen LogP contribution in [0.5, 0.6) is 0 Å². The topological polar surface area (TPSA) is 60.0 Å². The van der Waals surface area contributed by atoms with E-state index in [2.05, 4.69) is 19.2 Å². The molecule has 0 aliphatic carbocycles. The average molecular weight is 289 g/mol. The van der Waals surface area contributed by atoms with E-state index in [0.717, 1.165) is 45.4 Å². The van der Waals surface area contributed by atoms with Crippen LogP contribution < -0.4 is 5.32 Å². The van der Waals surface area contributed by atoms with Gasteiger partial charge in [-0.2, -0.15) is 0 Å². The van der Waals surface area contributed by atoms with E-state index in [4.69, 9.17) is 14.2 Å². The molecule has 5 nitrogen and oxygen atoms in total. The Labute approximate surface area is 123 Å². The standard InChI is InChI=1S/C15H31NO4/c1-3-4-7-18-9-10-19-12-14(17)11-16-13-15(2)6-5-8-20-15/h14,16-17H,3-13H2,1-2H3. The van der Waals surface area contributed by atoms with Gasteiger partial charge in [0.1, 0.15) is 0 Å². The maximum Gasteiger partial charge on any atom is 0.0897 e. The van der Waals surface area contributed by atoms with Gasteiger partial charge in [0.25, 0.3) is 0 Å². The zero-order valence-corrected chi connectivity index (χ0v) is 13.0. The zero-order valence-electron chi connectivity index (χ0n) is 13.0. The molecule has 0 saturated carbocycles. The highest BCUT2D eigenvalue weighted by Crippen LogP contribution is 2.23. The largest absolute Gasteiger partial charge is 0.389 e. The van der Waals surface area contributed by atoms with Crippen LogP contribution in [-0.2, 0) is 14.2 Å². The number of nitrogens with one attached hydrogen (secondary N) is 1. The van der Waals surface area contributed by atoms with Crippen molar-refractivity contribution in [2.24, 2.45) is 0 Å². The van der Waals surface area contributed by atoms with E-state index >= 15 is 0 Å². The third kappa shape index (κ3) is 8.17. The number of aliphatic hydroxyl groups is 1. The minimum absolute atomic E-state index is 0.0618. The first-order valence-corrected chi connectivity index (χ1v) is 7.84. The third-order valence-electron chi connectivity index (χ3n) is 3.50. The summed E-state index contributed by atoms with van der Waals surface area (Å²) in [6.07, 6.45) is 3.97. The minimum Gasteiger partial charge on any atom is -0.389 e. The molecule has 20 heavy (non-hydrogen) atoms. The van der Waals surface area contributed by atoms with E-state index < -0.39 is 6.10 Å². The Morgan fingerprint density at radius 2 is 2.10 bits per heavy atom. The molecule has 1 aliphatic rings. The molecule has 0 aromatic heterocycles. The van der Waals surface area contributed by atoms with E-state index in [1.807, 2.05) is 0 Å². The Morgan fingerprint density at radius 1 is 1.30 bits per heavy atom. The second-order valence-electron chi connectivity index (χ2n) is 5.73. The second kappa shape index (κ2) is 10.5. The molecule has 0 bridgehead atoms. The van der Waals surface area contributed by atoms with Crippen molar-refractivity contribution < 1.29 is 19.3 Å². The average Bonchev–Trinajstić information content (AvgIpc) is 2.85. The van der Waals surface area contributed by atoms with Crippen LogP contribution in [0.1, 0.15) is 39.5 Å². The van der Waals surface area contributed by atoms with Gasteiger partial charge in [-0.05, 0) is 26.2 Å². The minimum atomic E-state index is -0.476. The first kappa shape index (κ1) is 17.9. The van der Waals surface area contributed by atoms with E-state index in [0.29, 0.717) is 26.4 Å². The number of aliphatic hydroxyl groups excluding tert-OH is 1. The Kier molecular flexibility index (Phi) is 9.39. The highest BCUT2D eigenvalue weighted by atomic mass is 16.5. The third-order valence-corrected chi connectivity index (χ3v) is 3.50. The lowest BCUT2D eigenvalue weighted by molar-refractivity contribution is -0.00310. The molecule has 5 heteroatoms. The summed E-state index contributed by atoms with van der Waals surface area (Å²) in [6, 6.07) is 0. The van der Waals surface area contributed by atoms with Crippen molar-refractivity contribution in [3.63, 3.8) is 0 Å². The summed E-state index contributed by atoms with van der Waals surface area (Å²) >= 11 is 0. The smallest absolute Gasteiger partial charge is 0.0897 e. The SMILES string of the molecule is CCCCOCCOCC(O)CNCC1(C)CCCO1. The maximum atomic E-state index is 9.78. The van der Waals surface area contributed by atoms with E-state index in [1.54, 1.807) is 0 Å². The van der Waals surface area contributed by atoms with E-state index in [1.165, 1.54) is 0 Å². The molecule has 120 valence electrons. The molecule has 0 aromatic rings. The first-order chi connectivity index (χ1) is 9.66. The molecule has 1 saturated heterocycles. The lowest BCUT2D eigenvalue weighted by Crippen LogP contribution is -2.41. The van der Waals surface area contributed by atoms with Gasteiger partial charge in [-0.15, -0.1) is 0 Å². The van der Waals surface area contributed by atoms with Crippen molar-refractivity contribution in [1.82, 2.24) is 5.32 Å². The fourth-order valence-electron chi connectivity index (χ4n) is 2.22. The van der Waals surface area contributed by atoms with Crippen LogP contribution in [0.3, 0.4) is 0 Å². The quantitative estimate of drug-likeness (QED) is 0.531. The molecule has 2 atom stereocenters. The lowest BCUT2D eigenvalue weighted by atomic mass is 10.0. The Hall–Kier alpha value is -0.200. The Balaban J connectivity index is 1.88. The van der Waals surface area contributed by atoms with Crippen molar-refractivity contribution in [2.45, 2.75) is 51.2 Å². The van der Waals surface area contributed by atoms with Gasteiger partial charge in [0.15, 0.2) is 0 Å². The number of hydrogen-bond acceptors (Lipinski definition) is 5. The number of hydrogen-bond donors (Lipinski definition) is 2. The summed E-state index contributed by atoms with van der Waals surface area (Å²) in [5.74, 6) is 0. The monoisotopic (exact) mass is 289 g/mol. The number of unbranched alkanes of at least 4 members (excludes halogenated alkanes) is 1. The molecule has 0 amide bonds. The molecular formula is C15H31NO4. The summed E-state index contributed by atoms with van der Waals surface area (Å²) in [4.78, 5) is 0. The van der Waals surface area contributed by atoms with Crippen molar-refractivity contribution in [2.75, 3.05) is 46.1 Å². The number of ether oxygens (including phenoxy) is 3. The molecule has 0 spiro atoms. The molecule has 1 rings (SSSR count). The van der Waals surface area contributed by atoms with Gasteiger partial charge in [-0.1, -0.05) is 13.3 Å². The lowest BCUT2D eigenvalue weighted by Gasteiger charge is -2.24. The van der Waals surface area contributed by atoms with Gasteiger partial charge in [-0.25, -0.2) is 0 Å². The molecule has 2 unspecified atom stereocenters. The molecule has 2 N–H and O–H groups in total. The van der Waals surface area contributed by atoms with Crippen LogP contribution in [0.4, 0.5) is 0 Å².